The van der Waals surface area contributed by atoms with Crippen LogP contribution in [0.3, 0.4) is 0 Å². The van der Waals surface area contributed by atoms with E-state index in [2.05, 4.69) is 18.3 Å². The molecule has 0 aliphatic carbocycles. The van der Waals surface area contributed by atoms with Crippen molar-refractivity contribution in [3.63, 3.8) is 0 Å². The number of rotatable bonds is 6. The van der Waals surface area contributed by atoms with Gasteiger partial charge in [0.2, 0.25) is 0 Å². The van der Waals surface area contributed by atoms with E-state index >= 15 is 0 Å². The first-order chi connectivity index (χ1) is 8.29. The molecular formula is C14H23NO2. The molecule has 3 heteroatoms. The molecule has 96 valence electrons. The van der Waals surface area contributed by atoms with Crippen molar-refractivity contribution in [3.05, 3.63) is 23.7 Å². The summed E-state index contributed by atoms with van der Waals surface area (Å²) >= 11 is 0. The number of furan rings is 1. The predicted octanol–water partition coefficient (Wildman–Crippen LogP) is 3.20. The lowest BCUT2D eigenvalue weighted by Gasteiger charge is -2.17. The van der Waals surface area contributed by atoms with Crippen LogP contribution in [-0.4, -0.2) is 19.3 Å². The first-order valence-corrected chi connectivity index (χ1v) is 6.71. The maximum absolute atomic E-state index is 5.71. The van der Waals surface area contributed by atoms with E-state index < -0.39 is 0 Å². The molecular weight excluding hydrogens is 214 g/mol. The van der Waals surface area contributed by atoms with Crippen molar-refractivity contribution < 1.29 is 9.15 Å². The molecule has 1 fully saturated rings. The van der Waals surface area contributed by atoms with Crippen LogP contribution in [0.1, 0.15) is 50.2 Å². The standard InChI is InChI=1S/C14H23NO2/c1-3-15-13(14-9-6-11(2)17-14)8-7-12-5-4-10-16-12/h6,9,12-13,15H,3-5,7-8,10H2,1-2H3. The Kier molecular flexibility index (Phi) is 4.63. The number of nitrogens with one attached hydrogen (secondary N) is 1. The fourth-order valence-electron chi connectivity index (χ4n) is 2.46. The molecule has 0 aromatic carbocycles. The van der Waals surface area contributed by atoms with Crippen LogP contribution in [0.5, 0.6) is 0 Å². The first-order valence-electron chi connectivity index (χ1n) is 6.71. The molecule has 0 saturated carbocycles. The van der Waals surface area contributed by atoms with Gasteiger partial charge in [0, 0.05) is 6.61 Å². The molecule has 1 aromatic rings. The van der Waals surface area contributed by atoms with Crippen LogP contribution in [0.25, 0.3) is 0 Å². The Morgan fingerprint density at radius 1 is 1.47 bits per heavy atom. The summed E-state index contributed by atoms with van der Waals surface area (Å²) in [5.74, 6) is 2.04. The second-order valence-electron chi connectivity index (χ2n) is 4.77. The molecule has 2 atom stereocenters. The van der Waals surface area contributed by atoms with Gasteiger partial charge < -0.3 is 14.5 Å². The van der Waals surface area contributed by atoms with Crippen LogP contribution in [0, 0.1) is 6.92 Å². The predicted molar refractivity (Wildman–Crippen MR) is 68.1 cm³/mol. The second-order valence-corrected chi connectivity index (χ2v) is 4.77. The molecule has 17 heavy (non-hydrogen) atoms. The van der Waals surface area contributed by atoms with E-state index in [1.54, 1.807) is 0 Å². The van der Waals surface area contributed by atoms with Crippen LogP contribution in [0.2, 0.25) is 0 Å². The van der Waals surface area contributed by atoms with E-state index in [0.717, 1.165) is 37.5 Å². The Labute approximate surface area is 104 Å². The largest absolute Gasteiger partial charge is 0.465 e. The van der Waals surface area contributed by atoms with Gasteiger partial charge >= 0.3 is 0 Å². The molecule has 1 N–H and O–H groups in total. The summed E-state index contributed by atoms with van der Waals surface area (Å²) in [6.07, 6.45) is 5.11. The number of hydrogen-bond acceptors (Lipinski definition) is 3. The van der Waals surface area contributed by atoms with Gasteiger partial charge in [0.15, 0.2) is 0 Å². The maximum atomic E-state index is 5.71. The first kappa shape index (κ1) is 12.7. The number of hydrogen-bond donors (Lipinski definition) is 1. The van der Waals surface area contributed by atoms with Crippen LogP contribution in [0.15, 0.2) is 16.5 Å². The summed E-state index contributed by atoms with van der Waals surface area (Å²) in [6.45, 7) is 6.04. The van der Waals surface area contributed by atoms with Gasteiger partial charge in [-0.1, -0.05) is 6.92 Å². The van der Waals surface area contributed by atoms with Crippen molar-refractivity contribution in [1.29, 1.82) is 0 Å². The molecule has 3 nitrogen and oxygen atoms in total. The molecule has 0 amide bonds. The third kappa shape index (κ3) is 3.58. The smallest absolute Gasteiger partial charge is 0.121 e. The highest BCUT2D eigenvalue weighted by molar-refractivity contribution is 5.09. The molecule has 0 radical (unpaired) electrons. The monoisotopic (exact) mass is 237 g/mol. The van der Waals surface area contributed by atoms with Gasteiger partial charge in [0.05, 0.1) is 12.1 Å². The van der Waals surface area contributed by atoms with Gasteiger partial charge in [-0.2, -0.15) is 0 Å². The minimum absolute atomic E-state index is 0.331. The fourth-order valence-corrected chi connectivity index (χ4v) is 2.46. The van der Waals surface area contributed by atoms with Gasteiger partial charge in [-0.25, -0.2) is 0 Å². The van der Waals surface area contributed by atoms with E-state index in [1.165, 1.54) is 12.8 Å². The summed E-state index contributed by atoms with van der Waals surface area (Å²) in [5, 5.41) is 3.49. The van der Waals surface area contributed by atoms with Crippen molar-refractivity contribution >= 4 is 0 Å². The lowest BCUT2D eigenvalue weighted by Crippen LogP contribution is -2.22. The van der Waals surface area contributed by atoms with E-state index in [0.29, 0.717) is 12.1 Å². The Balaban J connectivity index is 1.87. The number of ether oxygens (including phenoxy) is 1. The molecule has 2 heterocycles. The quantitative estimate of drug-likeness (QED) is 0.825. The van der Waals surface area contributed by atoms with Gasteiger partial charge in [-0.05, 0) is 51.3 Å². The Morgan fingerprint density at radius 2 is 2.35 bits per heavy atom. The van der Waals surface area contributed by atoms with Crippen molar-refractivity contribution in [2.24, 2.45) is 0 Å². The molecule has 1 aliphatic heterocycles. The molecule has 0 bridgehead atoms. The van der Waals surface area contributed by atoms with E-state index in [-0.39, 0.29) is 0 Å². The Morgan fingerprint density at radius 3 is 2.94 bits per heavy atom. The summed E-state index contributed by atoms with van der Waals surface area (Å²) in [7, 11) is 0. The maximum Gasteiger partial charge on any atom is 0.121 e. The van der Waals surface area contributed by atoms with Gasteiger partial charge in [-0.15, -0.1) is 0 Å². The zero-order valence-electron chi connectivity index (χ0n) is 10.9. The lowest BCUT2D eigenvalue weighted by atomic mass is 10.0. The van der Waals surface area contributed by atoms with Crippen molar-refractivity contribution in [3.8, 4) is 0 Å². The lowest BCUT2D eigenvalue weighted by molar-refractivity contribution is 0.0988. The Bertz CT molecular complexity index is 329. The van der Waals surface area contributed by atoms with Crippen LogP contribution in [0.4, 0.5) is 0 Å². The van der Waals surface area contributed by atoms with Gasteiger partial charge in [-0.3, -0.25) is 0 Å². The third-order valence-corrected chi connectivity index (χ3v) is 3.36. The highest BCUT2D eigenvalue weighted by atomic mass is 16.5. The zero-order chi connectivity index (χ0) is 12.1. The molecule has 1 saturated heterocycles. The minimum atomic E-state index is 0.331. The van der Waals surface area contributed by atoms with Crippen LogP contribution >= 0.6 is 0 Å². The average Bonchev–Trinajstić information content (AvgIpc) is 2.95. The van der Waals surface area contributed by atoms with Gasteiger partial charge in [0.1, 0.15) is 11.5 Å². The molecule has 2 rings (SSSR count). The molecule has 1 aromatic heterocycles. The SMILES string of the molecule is CCNC(CCC1CCCO1)c1ccc(C)o1. The average molecular weight is 237 g/mol. The van der Waals surface area contributed by atoms with E-state index in [9.17, 15) is 0 Å². The van der Waals surface area contributed by atoms with Crippen molar-refractivity contribution in [2.45, 2.75) is 51.7 Å². The Hall–Kier alpha value is -0.800. The molecule has 1 aliphatic rings. The molecule has 0 spiro atoms. The highest BCUT2D eigenvalue weighted by Gasteiger charge is 2.19. The second kappa shape index (κ2) is 6.22. The number of aryl methyl sites for hydroxylation is 1. The van der Waals surface area contributed by atoms with Crippen LogP contribution < -0.4 is 5.32 Å². The fraction of sp³-hybridized carbons (Fsp3) is 0.714. The zero-order valence-corrected chi connectivity index (χ0v) is 10.9. The van der Waals surface area contributed by atoms with Gasteiger partial charge in [0.25, 0.3) is 0 Å². The minimum Gasteiger partial charge on any atom is -0.465 e. The summed E-state index contributed by atoms with van der Waals surface area (Å²) < 4.78 is 11.4. The third-order valence-electron chi connectivity index (χ3n) is 3.36. The van der Waals surface area contributed by atoms with E-state index in [4.69, 9.17) is 9.15 Å². The topological polar surface area (TPSA) is 34.4 Å². The molecule has 2 unspecified atom stereocenters. The normalized spacial score (nSPS) is 21.9. The summed E-state index contributed by atoms with van der Waals surface area (Å²) in [5.41, 5.74) is 0. The van der Waals surface area contributed by atoms with Crippen molar-refractivity contribution in [2.75, 3.05) is 13.2 Å². The summed E-state index contributed by atoms with van der Waals surface area (Å²) in [6, 6.07) is 4.45. The van der Waals surface area contributed by atoms with Crippen LogP contribution in [-0.2, 0) is 4.74 Å². The van der Waals surface area contributed by atoms with Crippen molar-refractivity contribution in [1.82, 2.24) is 5.32 Å². The van der Waals surface area contributed by atoms with E-state index in [1.807, 2.05) is 13.0 Å². The summed E-state index contributed by atoms with van der Waals surface area (Å²) in [4.78, 5) is 0. The highest BCUT2D eigenvalue weighted by Crippen LogP contribution is 2.25.